The van der Waals surface area contributed by atoms with E-state index in [1.807, 2.05) is 0 Å². The van der Waals surface area contributed by atoms with Gasteiger partial charge < -0.3 is 10.1 Å². The second-order valence-corrected chi connectivity index (χ2v) is 10.3. The van der Waals surface area contributed by atoms with Gasteiger partial charge in [0, 0.05) is 12.6 Å². The number of hydrogen-bond acceptors (Lipinski definition) is 6. The van der Waals surface area contributed by atoms with Crippen LogP contribution in [0.4, 0.5) is 0 Å². The van der Waals surface area contributed by atoms with E-state index in [1.54, 1.807) is 32.1 Å². The van der Waals surface area contributed by atoms with Crippen LogP contribution in [0.15, 0.2) is 29.7 Å². The molecule has 24 heavy (non-hydrogen) atoms. The Bertz CT molecular complexity index is 843. The lowest BCUT2D eigenvalue weighted by Gasteiger charge is -2.21. The molecule has 1 heterocycles. The van der Waals surface area contributed by atoms with E-state index in [2.05, 4.69) is 11.9 Å². The minimum Gasteiger partial charge on any atom is -0.496 e. The Hall–Kier alpha value is -1.38. The second-order valence-electron chi connectivity index (χ2n) is 6.05. The highest BCUT2D eigenvalue weighted by Crippen LogP contribution is 2.31. The van der Waals surface area contributed by atoms with Crippen LogP contribution >= 0.6 is 0 Å². The third kappa shape index (κ3) is 3.65. The van der Waals surface area contributed by atoms with Gasteiger partial charge in [-0.15, -0.1) is 6.58 Å². The lowest BCUT2D eigenvalue weighted by atomic mass is 10.1. The second kappa shape index (κ2) is 6.85. The Morgan fingerprint density at radius 2 is 1.96 bits per heavy atom. The zero-order chi connectivity index (χ0) is 18.1. The molecule has 0 radical (unpaired) electrons. The number of nitrogens with one attached hydrogen (secondary N) is 1. The third-order valence-electron chi connectivity index (χ3n) is 4.22. The third-order valence-corrected chi connectivity index (χ3v) is 8.51. The quantitative estimate of drug-likeness (QED) is 0.749. The summed E-state index contributed by atoms with van der Waals surface area (Å²) in [6.45, 7) is 7.37. The minimum absolute atomic E-state index is 0.160. The molecule has 0 aliphatic carbocycles. The first-order valence-electron chi connectivity index (χ1n) is 7.56. The number of methoxy groups -OCH3 is 1. The minimum atomic E-state index is -3.80. The summed E-state index contributed by atoms with van der Waals surface area (Å²) in [5.41, 5.74) is 1.24. The van der Waals surface area contributed by atoms with Gasteiger partial charge >= 0.3 is 0 Å². The van der Waals surface area contributed by atoms with Crippen molar-refractivity contribution in [1.82, 2.24) is 5.32 Å². The molecule has 0 amide bonds. The molecule has 1 fully saturated rings. The van der Waals surface area contributed by atoms with Crippen LogP contribution in [-0.2, 0) is 19.7 Å². The van der Waals surface area contributed by atoms with Gasteiger partial charge in [0.05, 0.1) is 28.8 Å². The van der Waals surface area contributed by atoms with Crippen molar-refractivity contribution in [2.24, 2.45) is 0 Å². The summed E-state index contributed by atoms with van der Waals surface area (Å²) in [7, 11) is -5.68. The molecule has 1 aromatic rings. The summed E-state index contributed by atoms with van der Waals surface area (Å²) in [5.74, 6) is 0.0555. The molecular formula is C16H23NO5S2. The number of sulfone groups is 2. The lowest BCUT2D eigenvalue weighted by Crippen LogP contribution is -2.43. The Morgan fingerprint density at radius 3 is 2.54 bits per heavy atom. The summed E-state index contributed by atoms with van der Waals surface area (Å²) in [4.78, 5) is 0.160. The van der Waals surface area contributed by atoms with E-state index in [9.17, 15) is 16.8 Å². The van der Waals surface area contributed by atoms with Crippen molar-refractivity contribution < 1.29 is 21.6 Å². The summed E-state index contributed by atoms with van der Waals surface area (Å²) in [5, 5.41) is 1.96. The lowest BCUT2D eigenvalue weighted by molar-refractivity contribution is 0.411. The Morgan fingerprint density at radius 1 is 1.29 bits per heavy atom. The first-order valence-corrected chi connectivity index (χ1v) is 10.9. The largest absolute Gasteiger partial charge is 0.496 e. The van der Waals surface area contributed by atoms with Gasteiger partial charge in [-0.3, -0.25) is 0 Å². The average Bonchev–Trinajstić information content (AvgIpc) is 2.82. The predicted molar refractivity (Wildman–Crippen MR) is 94.1 cm³/mol. The van der Waals surface area contributed by atoms with Crippen molar-refractivity contribution in [2.75, 3.05) is 25.2 Å². The molecule has 134 valence electrons. The summed E-state index contributed by atoms with van der Waals surface area (Å²) in [6.07, 6.45) is 1.58. The Labute approximate surface area is 143 Å². The van der Waals surface area contributed by atoms with Gasteiger partial charge in [-0.1, -0.05) is 6.08 Å². The predicted octanol–water partition coefficient (Wildman–Crippen LogP) is 1.03. The Kier molecular flexibility index (Phi) is 5.41. The number of benzene rings is 1. The number of ether oxygens (including phenoxy) is 1. The first kappa shape index (κ1) is 19.0. The van der Waals surface area contributed by atoms with E-state index in [1.165, 1.54) is 7.11 Å². The van der Waals surface area contributed by atoms with Gasteiger partial charge in [-0.2, -0.15) is 0 Å². The van der Waals surface area contributed by atoms with Crippen molar-refractivity contribution in [3.05, 3.63) is 35.9 Å². The molecule has 8 heteroatoms. The molecule has 2 rings (SSSR count). The summed E-state index contributed by atoms with van der Waals surface area (Å²) >= 11 is 0. The molecule has 6 nitrogen and oxygen atoms in total. The molecule has 1 aliphatic heterocycles. The van der Waals surface area contributed by atoms with Crippen LogP contribution in [0.3, 0.4) is 0 Å². The monoisotopic (exact) mass is 373 g/mol. The van der Waals surface area contributed by atoms with E-state index in [0.717, 1.165) is 0 Å². The van der Waals surface area contributed by atoms with Crippen LogP contribution in [0.2, 0.25) is 0 Å². The van der Waals surface area contributed by atoms with Crippen LogP contribution in [0.5, 0.6) is 5.75 Å². The van der Waals surface area contributed by atoms with E-state index >= 15 is 0 Å². The van der Waals surface area contributed by atoms with Crippen molar-refractivity contribution in [3.8, 4) is 5.75 Å². The molecule has 1 aromatic carbocycles. The van der Waals surface area contributed by atoms with E-state index < -0.39 is 31.0 Å². The van der Waals surface area contributed by atoms with E-state index in [4.69, 9.17) is 4.74 Å². The fourth-order valence-electron chi connectivity index (χ4n) is 3.00. The first-order chi connectivity index (χ1) is 11.1. The molecular weight excluding hydrogens is 350 g/mol. The molecule has 1 saturated heterocycles. The normalized spacial score (nSPS) is 23.1. The molecule has 0 aromatic heterocycles. The zero-order valence-electron chi connectivity index (χ0n) is 14.1. The molecule has 0 spiro atoms. The molecule has 0 bridgehead atoms. The van der Waals surface area contributed by atoms with Gasteiger partial charge in [0.25, 0.3) is 0 Å². The van der Waals surface area contributed by atoms with Crippen LogP contribution in [0, 0.1) is 13.8 Å². The van der Waals surface area contributed by atoms with Crippen molar-refractivity contribution in [3.63, 3.8) is 0 Å². The smallest absolute Gasteiger partial charge is 0.184 e. The highest BCUT2D eigenvalue weighted by Gasteiger charge is 2.46. The maximum absolute atomic E-state index is 13.1. The topological polar surface area (TPSA) is 89.5 Å². The number of rotatable bonds is 6. The molecule has 1 N–H and O–H groups in total. The highest BCUT2D eigenvalue weighted by molar-refractivity contribution is 7.96. The highest BCUT2D eigenvalue weighted by atomic mass is 32.2. The maximum atomic E-state index is 13.1. The molecule has 0 unspecified atom stereocenters. The van der Waals surface area contributed by atoms with Crippen molar-refractivity contribution in [2.45, 2.75) is 30.0 Å². The van der Waals surface area contributed by atoms with Crippen LogP contribution < -0.4 is 10.1 Å². The molecule has 0 saturated carbocycles. The van der Waals surface area contributed by atoms with Gasteiger partial charge in [0.15, 0.2) is 19.7 Å². The van der Waals surface area contributed by atoms with Crippen LogP contribution in [-0.4, -0.2) is 53.3 Å². The standard InChI is InChI=1S/C16H23NO5S2/c1-5-6-17-13-9-23(18,19)10-16(13)24(20,21)15-8-11(2)14(22-4)7-12(15)3/h5,7-8,13,16-17H,1,6,9-10H2,2-4H3/t13-,16+/m0/s1. The average molecular weight is 373 g/mol. The van der Waals surface area contributed by atoms with Crippen molar-refractivity contribution >= 4 is 19.7 Å². The van der Waals surface area contributed by atoms with Crippen molar-refractivity contribution in [1.29, 1.82) is 0 Å². The Balaban J connectivity index is 2.49. The fourth-order valence-corrected chi connectivity index (χ4v) is 8.03. The van der Waals surface area contributed by atoms with Gasteiger partial charge in [-0.05, 0) is 37.1 Å². The molecule has 2 atom stereocenters. The van der Waals surface area contributed by atoms with Crippen LogP contribution in [0.25, 0.3) is 0 Å². The number of aryl methyl sites for hydroxylation is 2. The summed E-state index contributed by atoms with van der Waals surface area (Å²) in [6, 6.07) is 2.58. The maximum Gasteiger partial charge on any atom is 0.184 e. The van der Waals surface area contributed by atoms with Crippen LogP contribution in [0.1, 0.15) is 11.1 Å². The molecule has 1 aliphatic rings. The summed E-state index contributed by atoms with van der Waals surface area (Å²) < 4.78 is 55.4. The number of hydrogen-bond donors (Lipinski definition) is 1. The van der Waals surface area contributed by atoms with E-state index in [0.29, 0.717) is 23.4 Å². The zero-order valence-corrected chi connectivity index (χ0v) is 15.7. The fraction of sp³-hybridized carbons (Fsp3) is 0.500. The van der Waals surface area contributed by atoms with Gasteiger partial charge in [0.1, 0.15) is 5.75 Å². The SMILES string of the molecule is C=CCN[C@H]1CS(=O)(=O)C[C@H]1S(=O)(=O)c1cc(C)c(OC)cc1C. The van der Waals surface area contributed by atoms with E-state index in [-0.39, 0.29) is 16.4 Å². The van der Waals surface area contributed by atoms with Gasteiger partial charge in [0.2, 0.25) is 0 Å². The van der Waals surface area contributed by atoms with Gasteiger partial charge in [-0.25, -0.2) is 16.8 Å².